The lowest BCUT2D eigenvalue weighted by Gasteiger charge is -2.09. The second-order valence-corrected chi connectivity index (χ2v) is 8.09. The molecule has 0 aliphatic heterocycles. The van der Waals surface area contributed by atoms with Gasteiger partial charge in [-0.1, -0.05) is 28.9 Å². The van der Waals surface area contributed by atoms with Crippen molar-refractivity contribution in [3.63, 3.8) is 0 Å². The van der Waals surface area contributed by atoms with Gasteiger partial charge in [0.1, 0.15) is 23.9 Å². The van der Waals surface area contributed by atoms with Gasteiger partial charge in [-0.2, -0.15) is 5.10 Å². The molecule has 0 spiro atoms. The Labute approximate surface area is 195 Å². The van der Waals surface area contributed by atoms with Crippen molar-refractivity contribution >= 4 is 23.2 Å². The summed E-state index contributed by atoms with van der Waals surface area (Å²) in [5.41, 5.74) is 3.70. The first kappa shape index (κ1) is 22.5. The molecule has 0 unspecified atom stereocenters. The highest BCUT2D eigenvalue weighted by Gasteiger charge is 2.21. The fourth-order valence-corrected chi connectivity index (χ4v) is 3.47. The number of rotatable bonds is 7. The molecule has 0 radical (unpaired) electrons. The molecule has 1 amide bonds. The van der Waals surface area contributed by atoms with Crippen LogP contribution in [-0.2, 0) is 13.2 Å². The van der Waals surface area contributed by atoms with Crippen LogP contribution in [-0.4, -0.2) is 20.8 Å². The van der Waals surface area contributed by atoms with Crippen molar-refractivity contribution in [2.24, 2.45) is 0 Å². The maximum atomic E-state index is 14.0. The third kappa shape index (κ3) is 5.06. The number of amides is 1. The standard InChI is InChI=1S/C24H22ClFN4O3/c1-14-7-8-18(9-15(14)2)32-13-20-16(3)33-29-23(20)24(31)28-17-10-27-30(11-17)12-19-21(25)5-4-6-22(19)26/h4-11H,12-13H2,1-3H3,(H,28,31). The number of nitrogens with zero attached hydrogens (tertiary/aromatic N) is 3. The molecule has 33 heavy (non-hydrogen) atoms. The van der Waals surface area contributed by atoms with E-state index in [9.17, 15) is 9.18 Å². The molecule has 9 heteroatoms. The molecule has 7 nitrogen and oxygen atoms in total. The van der Waals surface area contributed by atoms with E-state index in [1.165, 1.54) is 28.6 Å². The number of anilines is 1. The van der Waals surface area contributed by atoms with Crippen molar-refractivity contribution in [2.45, 2.75) is 33.9 Å². The van der Waals surface area contributed by atoms with E-state index >= 15 is 0 Å². The van der Waals surface area contributed by atoms with Gasteiger partial charge in [-0.15, -0.1) is 0 Å². The number of hydrogen-bond acceptors (Lipinski definition) is 5. The van der Waals surface area contributed by atoms with Crippen LogP contribution in [0.25, 0.3) is 0 Å². The van der Waals surface area contributed by atoms with Crippen molar-refractivity contribution in [2.75, 3.05) is 5.32 Å². The topological polar surface area (TPSA) is 82.2 Å². The van der Waals surface area contributed by atoms with Crippen LogP contribution in [0.1, 0.15) is 38.5 Å². The second-order valence-electron chi connectivity index (χ2n) is 7.68. The zero-order valence-corrected chi connectivity index (χ0v) is 19.1. The molecule has 0 aliphatic rings. The summed E-state index contributed by atoms with van der Waals surface area (Å²) in [5, 5.41) is 11.1. The number of aromatic nitrogens is 3. The number of aryl methyl sites for hydroxylation is 3. The van der Waals surface area contributed by atoms with Gasteiger partial charge in [-0.25, -0.2) is 4.39 Å². The highest BCUT2D eigenvalue weighted by molar-refractivity contribution is 6.31. The third-order valence-electron chi connectivity index (χ3n) is 5.33. The van der Waals surface area contributed by atoms with Gasteiger partial charge in [0.05, 0.1) is 24.0 Å². The van der Waals surface area contributed by atoms with Gasteiger partial charge in [-0.3, -0.25) is 9.48 Å². The first-order valence-electron chi connectivity index (χ1n) is 10.2. The molecule has 170 valence electrons. The lowest BCUT2D eigenvalue weighted by atomic mass is 10.1. The summed E-state index contributed by atoms with van der Waals surface area (Å²) in [6, 6.07) is 10.3. The monoisotopic (exact) mass is 468 g/mol. The predicted molar refractivity (Wildman–Crippen MR) is 122 cm³/mol. The fourth-order valence-electron chi connectivity index (χ4n) is 3.25. The van der Waals surface area contributed by atoms with Crippen LogP contribution >= 0.6 is 11.6 Å². The number of hydrogen-bond donors (Lipinski definition) is 1. The zero-order chi connectivity index (χ0) is 23.5. The van der Waals surface area contributed by atoms with Crippen LogP contribution in [0, 0.1) is 26.6 Å². The van der Waals surface area contributed by atoms with E-state index in [0.717, 1.165) is 5.56 Å². The number of carbonyl (C=O) groups excluding carboxylic acids is 1. The van der Waals surface area contributed by atoms with Gasteiger partial charge in [0.25, 0.3) is 5.91 Å². The Balaban J connectivity index is 1.45. The van der Waals surface area contributed by atoms with Crippen molar-refractivity contribution in [3.05, 3.63) is 93.3 Å². The van der Waals surface area contributed by atoms with Crippen molar-refractivity contribution < 1.29 is 18.4 Å². The van der Waals surface area contributed by atoms with Crippen LogP contribution in [0.5, 0.6) is 5.75 Å². The lowest BCUT2D eigenvalue weighted by molar-refractivity contribution is 0.101. The molecule has 1 N–H and O–H groups in total. The van der Waals surface area contributed by atoms with Crippen molar-refractivity contribution in [1.29, 1.82) is 0 Å². The SMILES string of the molecule is Cc1ccc(OCc2c(C(=O)Nc3cnn(Cc4c(F)cccc4Cl)c3)noc2C)cc1C. The Bertz CT molecular complexity index is 1290. The van der Waals surface area contributed by atoms with Crippen LogP contribution in [0.2, 0.25) is 5.02 Å². The fraction of sp³-hybridized carbons (Fsp3) is 0.208. The molecule has 2 heterocycles. The molecule has 2 aromatic carbocycles. The van der Waals surface area contributed by atoms with Crippen LogP contribution in [0.15, 0.2) is 53.3 Å². The normalized spacial score (nSPS) is 10.9. The molecular formula is C24H22ClFN4O3. The summed E-state index contributed by atoms with van der Waals surface area (Å²) in [7, 11) is 0. The molecule has 0 atom stereocenters. The Hall–Kier alpha value is -3.65. The summed E-state index contributed by atoms with van der Waals surface area (Å²) in [6.45, 7) is 6.01. The van der Waals surface area contributed by atoms with Gasteiger partial charge < -0.3 is 14.6 Å². The second kappa shape index (κ2) is 9.46. The minimum Gasteiger partial charge on any atom is -0.489 e. The highest BCUT2D eigenvalue weighted by atomic mass is 35.5. The van der Waals surface area contributed by atoms with E-state index in [-0.39, 0.29) is 18.8 Å². The number of nitrogens with one attached hydrogen (secondary N) is 1. The average Bonchev–Trinajstić information content (AvgIpc) is 3.37. The summed E-state index contributed by atoms with van der Waals surface area (Å²) >= 11 is 6.08. The van der Waals surface area contributed by atoms with E-state index in [4.69, 9.17) is 20.9 Å². The summed E-state index contributed by atoms with van der Waals surface area (Å²) < 4.78 is 26.6. The molecule has 0 saturated heterocycles. The molecule has 4 rings (SSSR count). The number of halogens is 2. The van der Waals surface area contributed by atoms with Gasteiger partial charge in [-0.05, 0) is 56.2 Å². The maximum absolute atomic E-state index is 14.0. The summed E-state index contributed by atoms with van der Waals surface area (Å²) in [4.78, 5) is 12.8. The molecular weight excluding hydrogens is 447 g/mol. The Morgan fingerprint density at radius 1 is 1.18 bits per heavy atom. The van der Waals surface area contributed by atoms with Gasteiger partial charge in [0, 0.05) is 16.8 Å². The van der Waals surface area contributed by atoms with E-state index in [2.05, 4.69) is 15.6 Å². The largest absolute Gasteiger partial charge is 0.489 e. The molecule has 0 aliphatic carbocycles. The van der Waals surface area contributed by atoms with Gasteiger partial charge >= 0.3 is 0 Å². The third-order valence-corrected chi connectivity index (χ3v) is 5.69. The van der Waals surface area contributed by atoms with Crippen molar-refractivity contribution in [1.82, 2.24) is 14.9 Å². The van der Waals surface area contributed by atoms with E-state index in [0.29, 0.717) is 33.3 Å². The van der Waals surface area contributed by atoms with Gasteiger partial charge in [0.2, 0.25) is 0 Å². The van der Waals surface area contributed by atoms with E-state index in [1.54, 1.807) is 19.2 Å². The van der Waals surface area contributed by atoms with Crippen LogP contribution in [0.4, 0.5) is 10.1 Å². The van der Waals surface area contributed by atoms with Crippen molar-refractivity contribution in [3.8, 4) is 5.75 Å². The maximum Gasteiger partial charge on any atom is 0.278 e. The average molecular weight is 469 g/mol. The van der Waals surface area contributed by atoms with Gasteiger partial charge in [0.15, 0.2) is 5.69 Å². The minimum atomic E-state index is -0.464. The smallest absolute Gasteiger partial charge is 0.278 e. The Morgan fingerprint density at radius 2 is 2.00 bits per heavy atom. The zero-order valence-electron chi connectivity index (χ0n) is 18.4. The summed E-state index contributed by atoms with van der Waals surface area (Å²) in [5.74, 6) is 0.302. The predicted octanol–water partition coefficient (Wildman–Crippen LogP) is 5.47. The van der Waals surface area contributed by atoms with E-state index < -0.39 is 11.7 Å². The molecule has 0 fully saturated rings. The molecule has 4 aromatic rings. The van der Waals surface area contributed by atoms with Crippen LogP contribution < -0.4 is 10.1 Å². The molecule has 2 aromatic heterocycles. The molecule has 0 bridgehead atoms. The Kier molecular flexibility index (Phi) is 6.46. The minimum absolute atomic E-state index is 0.125. The number of ether oxygens (including phenoxy) is 1. The van der Waals surface area contributed by atoms with Crippen LogP contribution in [0.3, 0.4) is 0 Å². The van der Waals surface area contributed by atoms with E-state index in [1.807, 2.05) is 32.0 Å². The highest BCUT2D eigenvalue weighted by Crippen LogP contribution is 2.22. The number of benzene rings is 2. The first-order chi connectivity index (χ1) is 15.8. The summed E-state index contributed by atoms with van der Waals surface area (Å²) in [6.07, 6.45) is 3.05. The molecule has 0 saturated carbocycles. The Morgan fingerprint density at radius 3 is 2.76 bits per heavy atom. The lowest BCUT2D eigenvalue weighted by Crippen LogP contribution is -2.15. The quantitative estimate of drug-likeness (QED) is 0.389. The first-order valence-corrected chi connectivity index (χ1v) is 10.6. The number of carbonyl (C=O) groups is 1.